The molecule has 0 aliphatic heterocycles. The predicted octanol–water partition coefficient (Wildman–Crippen LogP) is 0.565. The number of hydrogen-bond acceptors (Lipinski definition) is 4. The van der Waals surface area contributed by atoms with Crippen LogP contribution in [0.5, 0.6) is 0 Å². The van der Waals surface area contributed by atoms with Crippen LogP contribution in [-0.4, -0.2) is 31.5 Å². The zero-order chi connectivity index (χ0) is 9.97. The van der Waals surface area contributed by atoms with Gasteiger partial charge in [0.1, 0.15) is 5.69 Å². The van der Waals surface area contributed by atoms with Crippen molar-refractivity contribution in [3.63, 3.8) is 0 Å². The van der Waals surface area contributed by atoms with Crippen LogP contribution in [0.3, 0.4) is 0 Å². The summed E-state index contributed by atoms with van der Waals surface area (Å²) in [6, 6.07) is 5.16. The molecule has 0 unspecified atom stereocenters. The minimum atomic E-state index is -1.10. The fourth-order valence-electron chi connectivity index (χ4n) is 1.06. The van der Waals surface area contributed by atoms with Crippen LogP contribution >= 0.6 is 0 Å². The molecule has 0 saturated carbocycles. The second-order valence-electron chi connectivity index (χ2n) is 2.56. The maximum atomic E-state index is 10.7. The molecule has 2 N–H and O–H groups in total. The number of aromatic nitrogens is 4. The summed E-state index contributed by atoms with van der Waals surface area (Å²) in [6.45, 7) is 0. The van der Waals surface area contributed by atoms with Crippen molar-refractivity contribution in [2.75, 3.05) is 0 Å². The Kier molecular flexibility index (Phi) is 1.94. The number of carboxylic acids is 1. The van der Waals surface area contributed by atoms with Crippen LogP contribution in [0.2, 0.25) is 0 Å². The van der Waals surface area contributed by atoms with Crippen molar-refractivity contribution >= 4 is 5.97 Å². The molecule has 70 valence electrons. The summed E-state index contributed by atoms with van der Waals surface area (Å²) in [5.41, 5.74) is 0.681. The Hall–Kier alpha value is -2.24. The molecule has 0 aliphatic carbocycles. The van der Waals surface area contributed by atoms with Gasteiger partial charge in [0.2, 0.25) is 0 Å². The standard InChI is InChI=1S/C8H6N4O2/c13-8(14)7-6(10-12-11-7)5-3-1-2-4-9-5/h1-4H,(H,13,14)(H,10,11,12). The SMILES string of the molecule is O=C(O)c1[nH]nnc1-c1ccccn1. The highest BCUT2D eigenvalue weighted by atomic mass is 16.4. The Morgan fingerprint density at radius 2 is 2.29 bits per heavy atom. The van der Waals surface area contributed by atoms with Crippen molar-refractivity contribution in [2.24, 2.45) is 0 Å². The third-order valence-corrected chi connectivity index (χ3v) is 1.67. The lowest BCUT2D eigenvalue weighted by Gasteiger charge is -1.94. The summed E-state index contributed by atoms with van der Waals surface area (Å²) >= 11 is 0. The van der Waals surface area contributed by atoms with Gasteiger partial charge in [-0.3, -0.25) is 10.1 Å². The Labute approximate surface area is 78.6 Å². The van der Waals surface area contributed by atoms with Gasteiger partial charge < -0.3 is 5.11 Å². The average Bonchev–Trinajstić information content (AvgIpc) is 2.67. The van der Waals surface area contributed by atoms with Gasteiger partial charge in [-0.25, -0.2) is 4.79 Å². The monoisotopic (exact) mass is 190 g/mol. The first-order valence-electron chi connectivity index (χ1n) is 3.85. The molecule has 2 heterocycles. The topological polar surface area (TPSA) is 91.8 Å². The summed E-state index contributed by atoms with van der Waals surface area (Å²) < 4.78 is 0. The molecule has 0 aromatic carbocycles. The maximum Gasteiger partial charge on any atom is 0.356 e. The van der Waals surface area contributed by atoms with Crippen LogP contribution in [0.4, 0.5) is 0 Å². The van der Waals surface area contributed by atoms with Crippen molar-refractivity contribution in [3.05, 3.63) is 30.1 Å². The van der Waals surface area contributed by atoms with E-state index in [4.69, 9.17) is 5.11 Å². The molecule has 0 atom stereocenters. The molecular formula is C8H6N4O2. The molecule has 0 bridgehead atoms. The lowest BCUT2D eigenvalue weighted by atomic mass is 10.2. The summed E-state index contributed by atoms with van der Waals surface area (Å²) in [5.74, 6) is -1.10. The molecule has 6 nitrogen and oxygen atoms in total. The van der Waals surface area contributed by atoms with Crippen molar-refractivity contribution in [3.8, 4) is 11.4 Å². The van der Waals surface area contributed by atoms with E-state index in [0.717, 1.165) is 0 Å². The Balaban J connectivity index is 2.52. The first-order chi connectivity index (χ1) is 6.79. The quantitative estimate of drug-likeness (QED) is 0.722. The van der Waals surface area contributed by atoms with E-state index in [9.17, 15) is 4.79 Å². The molecule has 2 aromatic rings. The fourth-order valence-corrected chi connectivity index (χ4v) is 1.06. The number of H-pyrrole nitrogens is 1. The number of carbonyl (C=O) groups is 1. The van der Waals surface area contributed by atoms with E-state index in [0.29, 0.717) is 5.69 Å². The average molecular weight is 190 g/mol. The van der Waals surface area contributed by atoms with Gasteiger partial charge in [0.25, 0.3) is 0 Å². The molecule has 2 aromatic heterocycles. The van der Waals surface area contributed by atoms with Crippen LogP contribution in [0.25, 0.3) is 11.4 Å². The third kappa shape index (κ3) is 1.33. The largest absolute Gasteiger partial charge is 0.476 e. The van der Waals surface area contributed by atoms with E-state index in [1.165, 1.54) is 0 Å². The number of hydrogen-bond donors (Lipinski definition) is 2. The molecule has 0 amide bonds. The Morgan fingerprint density at radius 3 is 2.93 bits per heavy atom. The van der Waals surface area contributed by atoms with Crippen molar-refractivity contribution in [1.29, 1.82) is 0 Å². The summed E-state index contributed by atoms with van der Waals surface area (Å²) in [6.07, 6.45) is 1.57. The zero-order valence-corrected chi connectivity index (χ0v) is 7.01. The maximum absolute atomic E-state index is 10.7. The van der Waals surface area contributed by atoms with Gasteiger partial charge in [0.15, 0.2) is 5.69 Å². The lowest BCUT2D eigenvalue weighted by molar-refractivity contribution is 0.0691. The summed E-state index contributed by atoms with van der Waals surface area (Å²) in [7, 11) is 0. The Bertz CT molecular complexity index is 451. The number of pyridine rings is 1. The normalized spacial score (nSPS) is 10.0. The predicted molar refractivity (Wildman–Crippen MR) is 46.6 cm³/mol. The van der Waals surface area contributed by atoms with Crippen molar-refractivity contribution in [2.45, 2.75) is 0 Å². The molecule has 2 rings (SSSR count). The number of nitrogens with zero attached hydrogens (tertiary/aromatic N) is 3. The van der Waals surface area contributed by atoms with E-state index in [-0.39, 0.29) is 11.4 Å². The number of rotatable bonds is 2. The van der Waals surface area contributed by atoms with Crippen LogP contribution < -0.4 is 0 Å². The van der Waals surface area contributed by atoms with Gasteiger partial charge in [-0.1, -0.05) is 11.3 Å². The highest BCUT2D eigenvalue weighted by molar-refractivity contribution is 5.91. The van der Waals surface area contributed by atoms with Crippen LogP contribution in [-0.2, 0) is 0 Å². The van der Waals surface area contributed by atoms with Crippen LogP contribution in [0.1, 0.15) is 10.5 Å². The van der Waals surface area contributed by atoms with E-state index in [2.05, 4.69) is 20.4 Å². The van der Waals surface area contributed by atoms with Crippen molar-refractivity contribution < 1.29 is 9.90 Å². The van der Waals surface area contributed by atoms with Gasteiger partial charge in [-0.2, -0.15) is 0 Å². The number of nitrogens with one attached hydrogen (secondary N) is 1. The second-order valence-corrected chi connectivity index (χ2v) is 2.56. The van der Waals surface area contributed by atoms with Gasteiger partial charge >= 0.3 is 5.97 Å². The zero-order valence-electron chi connectivity index (χ0n) is 7.01. The van der Waals surface area contributed by atoms with Crippen LogP contribution in [0.15, 0.2) is 24.4 Å². The molecule has 0 fully saturated rings. The van der Waals surface area contributed by atoms with Crippen molar-refractivity contribution in [1.82, 2.24) is 20.4 Å². The minimum absolute atomic E-state index is 0.0521. The lowest BCUT2D eigenvalue weighted by Crippen LogP contribution is -1.99. The molecule has 14 heavy (non-hydrogen) atoms. The number of carboxylic acid groups (broad SMARTS) is 1. The molecule has 0 spiro atoms. The van der Waals surface area contributed by atoms with Crippen LogP contribution in [0, 0.1) is 0 Å². The molecule has 0 aliphatic rings. The Morgan fingerprint density at radius 1 is 1.43 bits per heavy atom. The first-order valence-corrected chi connectivity index (χ1v) is 3.85. The molecule has 0 radical (unpaired) electrons. The minimum Gasteiger partial charge on any atom is -0.476 e. The number of aromatic carboxylic acids is 1. The first kappa shape index (κ1) is 8.36. The molecule has 6 heteroatoms. The van der Waals surface area contributed by atoms with Gasteiger partial charge in [-0.05, 0) is 12.1 Å². The number of aromatic amines is 1. The summed E-state index contributed by atoms with van der Waals surface area (Å²) in [4.78, 5) is 14.7. The van der Waals surface area contributed by atoms with Gasteiger partial charge in [-0.15, -0.1) is 5.10 Å². The van der Waals surface area contributed by atoms with E-state index in [1.54, 1.807) is 24.4 Å². The van der Waals surface area contributed by atoms with E-state index >= 15 is 0 Å². The van der Waals surface area contributed by atoms with E-state index < -0.39 is 5.97 Å². The molecule has 0 saturated heterocycles. The van der Waals surface area contributed by atoms with Gasteiger partial charge in [0.05, 0.1) is 5.69 Å². The highest BCUT2D eigenvalue weighted by Crippen LogP contribution is 2.15. The second kappa shape index (κ2) is 3.25. The van der Waals surface area contributed by atoms with E-state index in [1.807, 2.05) is 0 Å². The third-order valence-electron chi connectivity index (χ3n) is 1.67. The highest BCUT2D eigenvalue weighted by Gasteiger charge is 2.16. The fraction of sp³-hybridized carbons (Fsp3) is 0. The van der Waals surface area contributed by atoms with Gasteiger partial charge in [0, 0.05) is 6.20 Å². The summed E-state index contributed by atoms with van der Waals surface area (Å²) in [5, 5.41) is 18.2. The molecular weight excluding hydrogens is 184 g/mol. The smallest absolute Gasteiger partial charge is 0.356 e.